The lowest BCUT2D eigenvalue weighted by molar-refractivity contribution is -0.120. The van der Waals surface area contributed by atoms with E-state index in [0.29, 0.717) is 11.4 Å². The fourth-order valence-electron chi connectivity index (χ4n) is 1.34. The van der Waals surface area contributed by atoms with Crippen molar-refractivity contribution in [2.24, 2.45) is 5.73 Å². The van der Waals surface area contributed by atoms with Crippen molar-refractivity contribution in [2.45, 2.75) is 24.4 Å². The molecule has 1 unspecified atom stereocenters. The number of carbonyl (C=O) groups is 1. The lowest BCUT2D eigenvalue weighted by atomic mass is 10.2. The maximum atomic E-state index is 11.1. The van der Waals surface area contributed by atoms with Crippen LogP contribution in [0.1, 0.15) is 13.3 Å². The van der Waals surface area contributed by atoms with Gasteiger partial charge in [0.1, 0.15) is 5.03 Å². The van der Waals surface area contributed by atoms with Crippen molar-refractivity contribution in [1.82, 2.24) is 10.3 Å². The summed E-state index contributed by atoms with van der Waals surface area (Å²) >= 11 is 7.50. The SMILES string of the molecule is CCNC(CCSc1ncccc1Cl)C(N)=O. The second-order valence-electron chi connectivity index (χ2n) is 3.44. The number of hydrogen-bond donors (Lipinski definition) is 2. The first-order valence-electron chi connectivity index (χ1n) is 5.41. The Labute approximate surface area is 110 Å². The molecule has 0 aromatic carbocycles. The Morgan fingerprint density at radius 3 is 3.06 bits per heavy atom. The predicted molar refractivity (Wildman–Crippen MR) is 71.2 cm³/mol. The molecule has 0 aliphatic rings. The van der Waals surface area contributed by atoms with E-state index in [0.717, 1.165) is 17.3 Å². The van der Waals surface area contributed by atoms with Crippen molar-refractivity contribution < 1.29 is 4.79 Å². The third-order valence-corrected chi connectivity index (χ3v) is 3.62. The van der Waals surface area contributed by atoms with Gasteiger partial charge in [0.05, 0.1) is 11.1 Å². The zero-order chi connectivity index (χ0) is 12.7. The molecule has 1 aromatic rings. The quantitative estimate of drug-likeness (QED) is 0.742. The van der Waals surface area contributed by atoms with Crippen LogP contribution in [0.25, 0.3) is 0 Å². The van der Waals surface area contributed by atoms with Gasteiger partial charge in [-0.05, 0) is 25.1 Å². The fraction of sp³-hybridized carbons (Fsp3) is 0.455. The number of nitrogens with one attached hydrogen (secondary N) is 1. The third kappa shape index (κ3) is 4.93. The Morgan fingerprint density at radius 1 is 1.71 bits per heavy atom. The maximum Gasteiger partial charge on any atom is 0.234 e. The number of primary amides is 1. The molecule has 6 heteroatoms. The second kappa shape index (κ2) is 7.53. The number of carbonyl (C=O) groups excluding carboxylic acids is 1. The van der Waals surface area contributed by atoms with Crippen LogP contribution in [-0.4, -0.2) is 29.2 Å². The Bertz CT molecular complexity index is 375. The number of rotatable bonds is 7. The summed E-state index contributed by atoms with van der Waals surface area (Å²) < 4.78 is 0. The van der Waals surface area contributed by atoms with Crippen molar-refractivity contribution in [1.29, 1.82) is 0 Å². The zero-order valence-corrected chi connectivity index (χ0v) is 11.2. The van der Waals surface area contributed by atoms with Crippen molar-refractivity contribution in [3.05, 3.63) is 23.4 Å². The van der Waals surface area contributed by atoms with Gasteiger partial charge >= 0.3 is 0 Å². The zero-order valence-electron chi connectivity index (χ0n) is 9.65. The summed E-state index contributed by atoms with van der Waals surface area (Å²) in [6.07, 6.45) is 2.37. The van der Waals surface area contributed by atoms with Gasteiger partial charge in [-0.3, -0.25) is 4.79 Å². The van der Waals surface area contributed by atoms with Gasteiger partial charge in [-0.15, -0.1) is 11.8 Å². The monoisotopic (exact) mass is 273 g/mol. The van der Waals surface area contributed by atoms with Crippen LogP contribution in [0.15, 0.2) is 23.4 Å². The minimum atomic E-state index is -0.320. The van der Waals surface area contributed by atoms with E-state index < -0.39 is 0 Å². The molecule has 0 aliphatic heterocycles. The Hall–Kier alpha value is -0.780. The molecule has 17 heavy (non-hydrogen) atoms. The van der Waals surface area contributed by atoms with Crippen molar-refractivity contribution in [3.8, 4) is 0 Å². The van der Waals surface area contributed by atoms with Crippen molar-refractivity contribution >= 4 is 29.3 Å². The van der Waals surface area contributed by atoms with Crippen LogP contribution in [0, 0.1) is 0 Å². The van der Waals surface area contributed by atoms with Crippen LogP contribution in [-0.2, 0) is 4.79 Å². The highest BCUT2D eigenvalue weighted by atomic mass is 35.5. The van der Waals surface area contributed by atoms with E-state index in [2.05, 4.69) is 10.3 Å². The highest BCUT2D eigenvalue weighted by Crippen LogP contribution is 2.24. The van der Waals surface area contributed by atoms with E-state index in [1.54, 1.807) is 18.3 Å². The molecule has 1 aromatic heterocycles. The molecule has 0 saturated carbocycles. The molecular weight excluding hydrogens is 258 g/mol. The minimum Gasteiger partial charge on any atom is -0.368 e. The first-order valence-corrected chi connectivity index (χ1v) is 6.77. The van der Waals surface area contributed by atoms with E-state index in [9.17, 15) is 4.79 Å². The number of aromatic nitrogens is 1. The van der Waals surface area contributed by atoms with Gasteiger partial charge in [-0.25, -0.2) is 4.98 Å². The molecule has 0 aliphatic carbocycles. The van der Waals surface area contributed by atoms with Gasteiger partial charge in [0, 0.05) is 11.9 Å². The minimum absolute atomic E-state index is 0.282. The molecule has 3 N–H and O–H groups in total. The summed E-state index contributed by atoms with van der Waals surface area (Å²) in [5, 5.41) is 4.46. The van der Waals surface area contributed by atoms with Crippen LogP contribution in [0.5, 0.6) is 0 Å². The molecule has 1 rings (SSSR count). The molecule has 0 saturated heterocycles. The van der Waals surface area contributed by atoms with Gasteiger partial charge in [-0.1, -0.05) is 18.5 Å². The summed E-state index contributed by atoms with van der Waals surface area (Å²) in [6, 6.07) is 3.30. The predicted octanol–water partition coefficient (Wildman–Crippen LogP) is 1.68. The summed E-state index contributed by atoms with van der Waals surface area (Å²) in [4.78, 5) is 15.3. The van der Waals surface area contributed by atoms with Crippen LogP contribution in [0.2, 0.25) is 5.02 Å². The molecule has 4 nitrogen and oxygen atoms in total. The highest BCUT2D eigenvalue weighted by molar-refractivity contribution is 7.99. The molecule has 94 valence electrons. The summed E-state index contributed by atoms with van der Waals surface area (Å²) in [5.41, 5.74) is 5.28. The van der Waals surface area contributed by atoms with Crippen LogP contribution >= 0.6 is 23.4 Å². The molecule has 1 amide bonds. The topological polar surface area (TPSA) is 68.0 Å². The molecule has 0 bridgehead atoms. The summed E-state index contributed by atoms with van der Waals surface area (Å²) in [6.45, 7) is 2.67. The average molecular weight is 274 g/mol. The highest BCUT2D eigenvalue weighted by Gasteiger charge is 2.13. The molecule has 1 heterocycles. The summed E-state index contributed by atoms with van der Waals surface area (Å²) in [7, 11) is 0. The van der Waals surface area contributed by atoms with E-state index in [1.165, 1.54) is 11.8 Å². The van der Waals surface area contributed by atoms with Crippen LogP contribution in [0.3, 0.4) is 0 Å². The molecule has 1 atom stereocenters. The van der Waals surface area contributed by atoms with Gasteiger partial charge < -0.3 is 11.1 Å². The van der Waals surface area contributed by atoms with Crippen molar-refractivity contribution in [3.63, 3.8) is 0 Å². The number of nitrogens with zero attached hydrogens (tertiary/aromatic N) is 1. The van der Waals surface area contributed by atoms with Crippen LogP contribution in [0.4, 0.5) is 0 Å². The number of hydrogen-bond acceptors (Lipinski definition) is 4. The van der Waals surface area contributed by atoms with Crippen LogP contribution < -0.4 is 11.1 Å². The normalized spacial score (nSPS) is 12.4. The number of amides is 1. The lowest BCUT2D eigenvalue weighted by Crippen LogP contribution is -2.41. The van der Waals surface area contributed by atoms with Gasteiger partial charge in [0.25, 0.3) is 0 Å². The van der Waals surface area contributed by atoms with Crippen molar-refractivity contribution in [2.75, 3.05) is 12.3 Å². The Kier molecular flexibility index (Phi) is 6.32. The Morgan fingerprint density at radius 2 is 2.47 bits per heavy atom. The average Bonchev–Trinajstić information content (AvgIpc) is 2.30. The summed E-state index contributed by atoms with van der Waals surface area (Å²) in [5.74, 6) is 0.428. The van der Waals surface area contributed by atoms with E-state index in [1.807, 2.05) is 6.92 Å². The molecule has 0 radical (unpaired) electrons. The van der Waals surface area contributed by atoms with E-state index in [-0.39, 0.29) is 11.9 Å². The first kappa shape index (κ1) is 14.3. The first-order chi connectivity index (χ1) is 8.15. The van der Waals surface area contributed by atoms with E-state index in [4.69, 9.17) is 17.3 Å². The number of likely N-dealkylation sites (N-methyl/N-ethyl adjacent to an activating group) is 1. The smallest absolute Gasteiger partial charge is 0.234 e. The molecule has 0 fully saturated rings. The maximum absolute atomic E-state index is 11.1. The number of thioether (sulfide) groups is 1. The fourth-order valence-corrected chi connectivity index (χ4v) is 2.52. The van der Waals surface area contributed by atoms with Gasteiger partial charge in [0.2, 0.25) is 5.91 Å². The number of pyridine rings is 1. The standard InChI is InChI=1S/C11H16ClN3OS/c1-2-14-9(10(13)16)5-7-17-11-8(12)4-3-6-15-11/h3-4,6,9,14H,2,5,7H2,1H3,(H2,13,16). The van der Waals surface area contributed by atoms with Gasteiger partial charge in [-0.2, -0.15) is 0 Å². The largest absolute Gasteiger partial charge is 0.368 e. The second-order valence-corrected chi connectivity index (χ2v) is 4.93. The molecule has 0 spiro atoms. The van der Waals surface area contributed by atoms with Gasteiger partial charge in [0.15, 0.2) is 0 Å². The number of nitrogens with two attached hydrogens (primary N) is 1. The third-order valence-electron chi connectivity index (χ3n) is 2.16. The number of halogens is 1. The lowest BCUT2D eigenvalue weighted by Gasteiger charge is -2.13. The Balaban J connectivity index is 2.41. The molecular formula is C11H16ClN3OS. The van der Waals surface area contributed by atoms with E-state index >= 15 is 0 Å².